The van der Waals surface area contributed by atoms with E-state index >= 15 is 0 Å². The number of hydrogen-bond donors (Lipinski definition) is 2. The summed E-state index contributed by atoms with van der Waals surface area (Å²) in [6.45, 7) is 0.806. The fourth-order valence-electron chi connectivity index (χ4n) is 3.75. The lowest BCUT2D eigenvalue weighted by molar-refractivity contribution is -0.126. The lowest BCUT2D eigenvalue weighted by Gasteiger charge is -2.14. The van der Waals surface area contributed by atoms with Gasteiger partial charge in [-0.3, -0.25) is 19.6 Å². The number of rotatable bonds is 7. The van der Waals surface area contributed by atoms with Crippen molar-refractivity contribution in [3.8, 4) is 11.5 Å². The average molecular weight is 408 g/mol. The number of H-pyrrole nitrogens is 1. The van der Waals surface area contributed by atoms with E-state index in [1.807, 2.05) is 42.5 Å². The molecular formula is C22H24N4O4. The molecule has 0 aliphatic carbocycles. The van der Waals surface area contributed by atoms with Gasteiger partial charge in [0.1, 0.15) is 0 Å². The molecule has 1 aliphatic rings. The third kappa shape index (κ3) is 3.80. The van der Waals surface area contributed by atoms with Crippen LogP contribution in [-0.4, -0.2) is 49.3 Å². The quantitative estimate of drug-likeness (QED) is 0.625. The standard InChI is InChI=1S/C22H24N4O4/c1-29-18-8-7-14(11-19(18)30-2)9-10-23-22(28)15-12-20(27)26(13-15)21-16-5-3-4-6-17(16)24-25-21/h3-8,11,15H,9-10,12-13H2,1-2H3,(H,23,28)(H,24,25)/t15-/m1/s1. The number of nitrogens with one attached hydrogen (secondary N) is 2. The maximum Gasteiger partial charge on any atom is 0.229 e. The molecule has 0 saturated carbocycles. The molecule has 156 valence electrons. The van der Waals surface area contributed by atoms with Crippen molar-refractivity contribution < 1.29 is 19.1 Å². The highest BCUT2D eigenvalue weighted by molar-refractivity contribution is 6.05. The van der Waals surface area contributed by atoms with Crippen LogP contribution in [0, 0.1) is 5.92 Å². The highest BCUT2D eigenvalue weighted by Gasteiger charge is 2.36. The summed E-state index contributed by atoms with van der Waals surface area (Å²) in [7, 11) is 3.19. The van der Waals surface area contributed by atoms with Crippen molar-refractivity contribution in [2.75, 3.05) is 32.2 Å². The number of amides is 2. The number of para-hydroxylation sites is 1. The maximum absolute atomic E-state index is 12.6. The number of nitrogens with zero attached hydrogens (tertiary/aromatic N) is 2. The van der Waals surface area contributed by atoms with E-state index in [0.29, 0.717) is 36.8 Å². The van der Waals surface area contributed by atoms with E-state index in [4.69, 9.17) is 9.47 Å². The molecule has 1 aromatic heterocycles. The summed E-state index contributed by atoms with van der Waals surface area (Å²) in [6.07, 6.45) is 0.837. The minimum Gasteiger partial charge on any atom is -0.493 e. The highest BCUT2D eigenvalue weighted by Crippen LogP contribution is 2.30. The van der Waals surface area contributed by atoms with Crippen molar-refractivity contribution in [2.24, 2.45) is 5.92 Å². The van der Waals surface area contributed by atoms with Crippen molar-refractivity contribution in [2.45, 2.75) is 12.8 Å². The summed E-state index contributed by atoms with van der Waals surface area (Å²) in [5.41, 5.74) is 1.89. The summed E-state index contributed by atoms with van der Waals surface area (Å²) in [5, 5.41) is 11.0. The molecule has 1 fully saturated rings. The van der Waals surface area contributed by atoms with Gasteiger partial charge >= 0.3 is 0 Å². The van der Waals surface area contributed by atoms with E-state index in [9.17, 15) is 9.59 Å². The highest BCUT2D eigenvalue weighted by atomic mass is 16.5. The zero-order valence-electron chi connectivity index (χ0n) is 17.0. The lowest BCUT2D eigenvalue weighted by atomic mass is 10.1. The van der Waals surface area contributed by atoms with Gasteiger partial charge in [-0.25, -0.2) is 0 Å². The van der Waals surface area contributed by atoms with Crippen LogP contribution in [0.5, 0.6) is 11.5 Å². The van der Waals surface area contributed by atoms with Crippen LogP contribution in [0.4, 0.5) is 5.82 Å². The normalized spacial score (nSPS) is 16.1. The summed E-state index contributed by atoms with van der Waals surface area (Å²) in [6, 6.07) is 13.3. The molecule has 2 amide bonds. The fourth-order valence-corrected chi connectivity index (χ4v) is 3.75. The van der Waals surface area contributed by atoms with Crippen LogP contribution in [-0.2, 0) is 16.0 Å². The van der Waals surface area contributed by atoms with Crippen LogP contribution in [0.1, 0.15) is 12.0 Å². The zero-order chi connectivity index (χ0) is 21.1. The predicted octanol–water partition coefficient (Wildman–Crippen LogP) is 2.29. The topological polar surface area (TPSA) is 96.5 Å². The summed E-state index contributed by atoms with van der Waals surface area (Å²) in [5.74, 6) is 1.30. The molecule has 0 bridgehead atoms. The Hall–Kier alpha value is -3.55. The number of methoxy groups -OCH3 is 2. The lowest BCUT2D eigenvalue weighted by Crippen LogP contribution is -2.34. The molecule has 8 nitrogen and oxygen atoms in total. The molecule has 0 radical (unpaired) electrons. The van der Waals surface area contributed by atoms with Gasteiger partial charge in [-0.1, -0.05) is 18.2 Å². The van der Waals surface area contributed by atoms with Gasteiger partial charge in [0.15, 0.2) is 17.3 Å². The summed E-state index contributed by atoms with van der Waals surface area (Å²) < 4.78 is 10.6. The van der Waals surface area contributed by atoms with E-state index in [-0.39, 0.29) is 18.2 Å². The van der Waals surface area contributed by atoms with Crippen molar-refractivity contribution in [3.05, 3.63) is 48.0 Å². The molecule has 1 saturated heterocycles. The van der Waals surface area contributed by atoms with Crippen LogP contribution in [0.15, 0.2) is 42.5 Å². The van der Waals surface area contributed by atoms with Crippen molar-refractivity contribution >= 4 is 28.5 Å². The van der Waals surface area contributed by atoms with Gasteiger partial charge in [0.05, 0.1) is 25.7 Å². The van der Waals surface area contributed by atoms with Crippen LogP contribution in [0.3, 0.4) is 0 Å². The molecule has 1 aliphatic heterocycles. The van der Waals surface area contributed by atoms with E-state index in [1.54, 1.807) is 19.1 Å². The first kappa shape index (κ1) is 19.8. The van der Waals surface area contributed by atoms with Crippen molar-refractivity contribution in [1.82, 2.24) is 15.5 Å². The third-order valence-corrected chi connectivity index (χ3v) is 5.36. The molecule has 1 atom stereocenters. The van der Waals surface area contributed by atoms with Crippen LogP contribution < -0.4 is 19.7 Å². The van der Waals surface area contributed by atoms with Crippen LogP contribution in [0.2, 0.25) is 0 Å². The first-order valence-corrected chi connectivity index (χ1v) is 9.82. The van der Waals surface area contributed by atoms with Crippen molar-refractivity contribution in [1.29, 1.82) is 0 Å². The van der Waals surface area contributed by atoms with Gasteiger partial charge in [-0.15, -0.1) is 0 Å². The number of aromatic nitrogens is 2. The van der Waals surface area contributed by atoms with Crippen molar-refractivity contribution in [3.63, 3.8) is 0 Å². The van der Waals surface area contributed by atoms with Gasteiger partial charge in [0, 0.05) is 24.9 Å². The number of ether oxygens (including phenoxy) is 2. The summed E-state index contributed by atoms with van der Waals surface area (Å²) >= 11 is 0. The second-order valence-electron chi connectivity index (χ2n) is 7.23. The molecule has 8 heteroatoms. The second kappa shape index (κ2) is 8.44. The number of carbonyl (C=O) groups excluding carboxylic acids is 2. The largest absolute Gasteiger partial charge is 0.493 e. The molecule has 0 spiro atoms. The van der Waals surface area contributed by atoms with E-state index in [0.717, 1.165) is 16.5 Å². The Balaban J connectivity index is 1.35. The van der Waals surface area contributed by atoms with Gasteiger partial charge in [0.2, 0.25) is 11.8 Å². The summed E-state index contributed by atoms with van der Waals surface area (Å²) in [4.78, 5) is 26.7. The zero-order valence-corrected chi connectivity index (χ0v) is 17.0. The average Bonchev–Trinajstić information content (AvgIpc) is 3.36. The van der Waals surface area contributed by atoms with E-state index in [1.165, 1.54) is 0 Å². The van der Waals surface area contributed by atoms with Crippen LogP contribution in [0.25, 0.3) is 10.9 Å². The van der Waals surface area contributed by atoms with Crippen LogP contribution >= 0.6 is 0 Å². The van der Waals surface area contributed by atoms with Gasteiger partial charge in [-0.05, 0) is 36.2 Å². The minimum atomic E-state index is -0.390. The molecule has 2 heterocycles. The Labute approximate surface area is 174 Å². The molecule has 2 N–H and O–H groups in total. The van der Waals surface area contributed by atoms with E-state index < -0.39 is 5.92 Å². The Morgan fingerprint density at radius 2 is 2.00 bits per heavy atom. The number of aromatic amines is 1. The number of hydrogen-bond acceptors (Lipinski definition) is 5. The third-order valence-electron chi connectivity index (χ3n) is 5.36. The molecule has 2 aromatic carbocycles. The number of fused-ring (bicyclic) bond motifs is 1. The Bertz CT molecular complexity index is 1080. The Morgan fingerprint density at radius 3 is 2.80 bits per heavy atom. The Morgan fingerprint density at radius 1 is 1.20 bits per heavy atom. The first-order chi connectivity index (χ1) is 14.6. The SMILES string of the molecule is COc1ccc(CCNC(=O)[C@@H]2CC(=O)N(c3n[nH]c4ccccc34)C2)cc1OC. The minimum absolute atomic E-state index is 0.0905. The molecule has 3 aromatic rings. The maximum atomic E-state index is 12.6. The second-order valence-corrected chi connectivity index (χ2v) is 7.23. The number of benzene rings is 2. The number of anilines is 1. The predicted molar refractivity (Wildman–Crippen MR) is 113 cm³/mol. The fraction of sp³-hybridized carbons (Fsp3) is 0.318. The van der Waals surface area contributed by atoms with Gasteiger partial charge in [0.25, 0.3) is 0 Å². The Kier molecular flexibility index (Phi) is 5.56. The molecular weight excluding hydrogens is 384 g/mol. The van der Waals surface area contributed by atoms with Gasteiger partial charge < -0.3 is 14.8 Å². The van der Waals surface area contributed by atoms with E-state index in [2.05, 4.69) is 15.5 Å². The smallest absolute Gasteiger partial charge is 0.229 e. The first-order valence-electron chi connectivity index (χ1n) is 9.82. The monoisotopic (exact) mass is 408 g/mol. The molecule has 30 heavy (non-hydrogen) atoms. The number of carbonyl (C=O) groups is 2. The molecule has 0 unspecified atom stereocenters. The molecule has 4 rings (SSSR count). The van der Waals surface area contributed by atoms with Gasteiger partial charge in [-0.2, -0.15) is 5.10 Å².